The van der Waals surface area contributed by atoms with Gasteiger partial charge in [-0.25, -0.2) is 17.2 Å². The topological polar surface area (TPSA) is 66.5 Å². The Morgan fingerprint density at radius 1 is 1.14 bits per heavy atom. The van der Waals surface area contributed by atoms with Gasteiger partial charge in [-0.15, -0.1) is 6.58 Å². The van der Waals surface area contributed by atoms with Crippen LogP contribution >= 0.6 is 0 Å². The average molecular weight is 511 g/mol. The number of carbonyl (C=O) groups excluding carboxylic acids is 1. The quantitative estimate of drug-likeness (QED) is 0.379. The van der Waals surface area contributed by atoms with E-state index < -0.39 is 21.7 Å². The van der Waals surface area contributed by atoms with Crippen LogP contribution < -0.4 is 9.62 Å². The highest BCUT2D eigenvalue weighted by atomic mass is 32.2. The summed E-state index contributed by atoms with van der Waals surface area (Å²) < 4.78 is 56.2. The van der Waals surface area contributed by atoms with Gasteiger partial charge in [0.2, 0.25) is 0 Å². The number of halogens is 2. The van der Waals surface area contributed by atoms with Crippen molar-refractivity contribution in [3.8, 4) is 11.1 Å². The molecule has 1 saturated carbocycles. The molecule has 0 aromatic heterocycles. The zero-order valence-corrected chi connectivity index (χ0v) is 21.0. The van der Waals surface area contributed by atoms with Gasteiger partial charge in [-0.3, -0.25) is 9.10 Å². The average Bonchev–Trinajstić information content (AvgIpc) is 3.67. The van der Waals surface area contributed by atoms with E-state index in [0.717, 1.165) is 23.2 Å². The SMILES string of the molecule is C=CCc1cc(-c2cc(C(=O)NC3CC3)cc(F)c2CC)ccc1N(C)S(=O)(=O)c1cccc(F)c1. The maximum Gasteiger partial charge on any atom is 0.264 e. The van der Waals surface area contributed by atoms with E-state index >= 15 is 4.39 Å². The number of nitrogens with zero attached hydrogens (tertiary/aromatic N) is 1. The number of amides is 1. The van der Waals surface area contributed by atoms with Crippen LogP contribution in [0.15, 0.2) is 72.1 Å². The van der Waals surface area contributed by atoms with Gasteiger partial charge in [-0.2, -0.15) is 0 Å². The van der Waals surface area contributed by atoms with Gasteiger partial charge in [0.05, 0.1) is 10.6 Å². The zero-order chi connectivity index (χ0) is 26.0. The van der Waals surface area contributed by atoms with Crippen LogP contribution in [0.4, 0.5) is 14.5 Å². The second-order valence-corrected chi connectivity index (χ2v) is 10.8. The lowest BCUT2D eigenvalue weighted by Gasteiger charge is -2.23. The van der Waals surface area contributed by atoms with E-state index in [1.807, 2.05) is 6.92 Å². The van der Waals surface area contributed by atoms with Crippen LogP contribution in [0.1, 0.15) is 41.3 Å². The Bertz CT molecular complexity index is 1430. The molecule has 0 aliphatic heterocycles. The van der Waals surface area contributed by atoms with Crippen LogP contribution in [0.5, 0.6) is 0 Å². The molecule has 0 unspecified atom stereocenters. The van der Waals surface area contributed by atoms with Crippen molar-refractivity contribution in [2.24, 2.45) is 0 Å². The summed E-state index contributed by atoms with van der Waals surface area (Å²) in [7, 11) is -2.63. The summed E-state index contributed by atoms with van der Waals surface area (Å²) in [5.41, 5.74) is 2.97. The Morgan fingerprint density at radius 2 is 1.89 bits per heavy atom. The number of hydrogen-bond acceptors (Lipinski definition) is 3. The minimum atomic E-state index is -4.03. The van der Waals surface area contributed by atoms with Crippen molar-refractivity contribution < 1.29 is 22.0 Å². The molecule has 3 aromatic rings. The highest BCUT2D eigenvalue weighted by Gasteiger charge is 2.26. The number of benzene rings is 3. The van der Waals surface area contributed by atoms with Gasteiger partial charge in [-0.1, -0.05) is 25.1 Å². The molecule has 188 valence electrons. The second kappa shape index (κ2) is 10.2. The molecule has 0 bridgehead atoms. The molecule has 1 fully saturated rings. The molecule has 3 aromatic carbocycles. The van der Waals surface area contributed by atoms with Crippen LogP contribution in [-0.4, -0.2) is 27.4 Å². The van der Waals surface area contributed by atoms with E-state index in [9.17, 15) is 17.6 Å². The van der Waals surface area contributed by atoms with E-state index in [-0.39, 0.29) is 22.4 Å². The molecule has 1 amide bonds. The monoisotopic (exact) mass is 510 g/mol. The van der Waals surface area contributed by atoms with Gasteiger partial charge in [-0.05, 0) is 90.4 Å². The number of hydrogen-bond donors (Lipinski definition) is 1. The summed E-state index contributed by atoms with van der Waals surface area (Å²) in [6.45, 7) is 5.62. The van der Waals surface area contributed by atoms with E-state index in [4.69, 9.17) is 0 Å². The van der Waals surface area contributed by atoms with Crippen LogP contribution in [0, 0.1) is 11.6 Å². The third-order valence-corrected chi connectivity index (χ3v) is 8.04. The normalized spacial score (nSPS) is 13.3. The lowest BCUT2D eigenvalue weighted by Crippen LogP contribution is -2.27. The molecular formula is C28H28F2N2O3S. The number of anilines is 1. The molecular weight excluding hydrogens is 482 g/mol. The molecule has 0 saturated heterocycles. The van der Waals surface area contributed by atoms with E-state index in [0.29, 0.717) is 40.8 Å². The molecule has 0 atom stereocenters. The standard InChI is InChI=1S/C28H28F2N2O3S/c1-4-7-19-14-18(10-13-27(19)32(3)36(34,35)23-9-6-8-21(29)17-23)25-15-20(16-26(30)24(25)5-2)28(33)31-22-11-12-22/h4,6,8-10,13-17,22H,1,5,7,11-12H2,2-3H3,(H,31,33). The fourth-order valence-electron chi connectivity index (χ4n) is 4.18. The lowest BCUT2D eigenvalue weighted by atomic mass is 9.93. The van der Waals surface area contributed by atoms with Crippen molar-refractivity contribution in [1.82, 2.24) is 5.32 Å². The summed E-state index contributed by atoms with van der Waals surface area (Å²) >= 11 is 0. The molecule has 4 rings (SSSR count). The predicted octanol–water partition coefficient (Wildman–Crippen LogP) is 5.64. The molecule has 5 nitrogen and oxygen atoms in total. The number of sulfonamides is 1. The summed E-state index contributed by atoms with van der Waals surface area (Å²) in [5, 5.41) is 2.89. The van der Waals surface area contributed by atoms with E-state index in [1.54, 1.807) is 30.3 Å². The number of allylic oxidation sites excluding steroid dienone is 1. The van der Waals surface area contributed by atoms with Gasteiger partial charge in [0, 0.05) is 18.7 Å². The minimum Gasteiger partial charge on any atom is -0.349 e. The largest absolute Gasteiger partial charge is 0.349 e. The number of rotatable bonds is 9. The molecule has 0 radical (unpaired) electrons. The summed E-state index contributed by atoms with van der Waals surface area (Å²) in [6.07, 6.45) is 4.25. The smallest absolute Gasteiger partial charge is 0.264 e. The van der Waals surface area contributed by atoms with Crippen molar-refractivity contribution in [1.29, 1.82) is 0 Å². The maximum atomic E-state index is 15.0. The molecule has 1 aliphatic rings. The molecule has 0 heterocycles. The summed E-state index contributed by atoms with van der Waals surface area (Å²) in [6, 6.07) is 13.0. The van der Waals surface area contributed by atoms with Gasteiger partial charge in [0.15, 0.2) is 0 Å². The van der Waals surface area contributed by atoms with Crippen molar-refractivity contribution in [2.45, 2.75) is 43.5 Å². The molecule has 1 aliphatic carbocycles. The van der Waals surface area contributed by atoms with Gasteiger partial charge >= 0.3 is 0 Å². The Hall–Kier alpha value is -3.52. The van der Waals surface area contributed by atoms with E-state index in [2.05, 4.69) is 11.9 Å². The third kappa shape index (κ3) is 5.18. The molecule has 8 heteroatoms. The molecule has 1 N–H and O–H groups in total. The lowest BCUT2D eigenvalue weighted by molar-refractivity contribution is 0.0950. The van der Waals surface area contributed by atoms with Crippen molar-refractivity contribution in [3.63, 3.8) is 0 Å². The number of carbonyl (C=O) groups is 1. The third-order valence-electron chi connectivity index (χ3n) is 6.27. The maximum absolute atomic E-state index is 15.0. The number of nitrogens with one attached hydrogen (secondary N) is 1. The molecule has 36 heavy (non-hydrogen) atoms. The van der Waals surface area contributed by atoms with Crippen LogP contribution in [0.25, 0.3) is 11.1 Å². The first-order chi connectivity index (χ1) is 17.1. The van der Waals surface area contributed by atoms with Crippen molar-refractivity contribution in [2.75, 3.05) is 11.4 Å². The Morgan fingerprint density at radius 3 is 2.53 bits per heavy atom. The zero-order valence-electron chi connectivity index (χ0n) is 20.2. The highest BCUT2D eigenvalue weighted by Crippen LogP contribution is 2.34. The molecule has 0 spiro atoms. The van der Waals surface area contributed by atoms with Crippen molar-refractivity contribution in [3.05, 3.63) is 95.6 Å². The Kier molecular flexibility index (Phi) is 7.26. The first-order valence-corrected chi connectivity index (χ1v) is 13.2. The minimum absolute atomic E-state index is 0.143. The van der Waals surface area contributed by atoms with Gasteiger partial charge < -0.3 is 5.32 Å². The Balaban J connectivity index is 1.78. The second-order valence-electron chi connectivity index (χ2n) is 8.85. The van der Waals surface area contributed by atoms with E-state index in [1.165, 1.54) is 31.3 Å². The fourth-order valence-corrected chi connectivity index (χ4v) is 5.44. The summed E-state index contributed by atoms with van der Waals surface area (Å²) in [4.78, 5) is 12.5. The van der Waals surface area contributed by atoms with Gasteiger partial charge in [0.25, 0.3) is 15.9 Å². The predicted molar refractivity (Wildman–Crippen MR) is 138 cm³/mol. The first-order valence-electron chi connectivity index (χ1n) is 11.8. The summed E-state index contributed by atoms with van der Waals surface area (Å²) in [5.74, 6) is -1.42. The van der Waals surface area contributed by atoms with Gasteiger partial charge in [0.1, 0.15) is 11.6 Å². The van der Waals surface area contributed by atoms with Crippen LogP contribution in [0.2, 0.25) is 0 Å². The van der Waals surface area contributed by atoms with Crippen LogP contribution in [-0.2, 0) is 22.9 Å². The van der Waals surface area contributed by atoms with Crippen molar-refractivity contribution >= 4 is 21.6 Å². The van der Waals surface area contributed by atoms with Crippen LogP contribution in [0.3, 0.4) is 0 Å². The first kappa shape index (κ1) is 25.6. The highest BCUT2D eigenvalue weighted by molar-refractivity contribution is 7.92. The Labute approximate surface area is 210 Å². The fraction of sp³-hybridized carbons (Fsp3) is 0.250.